The Morgan fingerprint density at radius 2 is 1.73 bits per heavy atom. The van der Waals surface area contributed by atoms with E-state index in [1.165, 1.54) is 0 Å². The van der Waals surface area contributed by atoms with Crippen LogP contribution in [0.15, 0.2) is 54.6 Å². The molecule has 0 saturated heterocycles. The van der Waals surface area contributed by atoms with Crippen molar-refractivity contribution in [2.24, 2.45) is 0 Å². The molecule has 0 radical (unpaired) electrons. The quantitative estimate of drug-likeness (QED) is 0.789. The highest BCUT2D eigenvalue weighted by molar-refractivity contribution is 5.89. The molecule has 116 valence electrons. The van der Waals surface area contributed by atoms with E-state index in [-0.39, 0.29) is 12.1 Å². The molecule has 2 aromatic rings. The molecule has 3 N–H and O–H groups in total. The summed E-state index contributed by atoms with van der Waals surface area (Å²) in [6.45, 7) is 3.87. The molecule has 0 saturated carbocycles. The highest BCUT2D eigenvalue weighted by atomic mass is 16.3. The van der Waals surface area contributed by atoms with E-state index in [1.54, 1.807) is 0 Å². The summed E-state index contributed by atoms with van der Waals surface area (Å²) >= 11 is 0. The molecule has 2 atom stereocenters. The molecule has 0 fully saturated rings. The van der Waals surface area contributed by atoms with Crippen LogP contribution in [-0.4, -0.2) is 17.2 Å². The smallest absolute Gasteiger partial charge is 0.319 e. The number of anilines is 1. The Kier molecular flexibility index (Phi) is 5.55. The predicted molar refractivity (Wildman–Crippen MR) is 88.8 cm³/mol. The largest absolute Gasteiger partial charge is 0.388 e. The normalized spacial score (nSPS) is 13.2. The van der Waals surface area contributed by atoms with Crippen molar-refractivity contribution < 1.29 is 9.90 Å². The van der Waals surface area contributed by atoms with Gasteiger partial charge in [0.1, 0.15) is 0 Å². The first kappa shape index (κ1) is 16.0. The molecule has 0 bridgehead atoms. The number of nitrogens with one attached hydrogen (secondary N) is 2. The van der Waals surface area contributed by atoms with Crippen LogP contribution in [0.1, 0.15) is 30.6 Å². The van der Waals surface area contributed by atoms with Crippen molar-refractivity contribution in [3.8, 4) is 0 Å². The van der Waals surface area contributed by atoms with E-state index in [9.17, 15) is 9.90 Å². The number of urea groups is 1. The Labute approximate surface area is 131 Å². The van der Waals surface area contributed by atoms with Crippen LogP contribution >= 0.6 is 0 Å². The fraction of sp³-hybridized carbons (Fsp3) is 0.278. The highest BCUT2D eigenvalue weighted by Gasteiger charge is 2.14. The maximum Gasteiger partial charge on any atom is 0.319 e. The number of aliphatic hydroxyl groups excluding tert-OH is 1. The molecule has 4 nitrogen and oxygen atoms in total. The minimum Gasteiger partial charge on any atom is -0.388 e. The molecule has 0 aliphatic heterocycles. The molecule has 2 aromatic carbocycles. The molecule has 2 rings (SSSR count). The van der Waals surface area contributed by atoms with E-state index in [0.717, 1.165) is 16.8 Å². The average Bonchev–Trinajstić information content (AvgIpc) is 2.50. The number of amides is 2. The third-order valence-corrected chi connectivity index (χ3v) is 3.45. The lowest BCUT2D eigenvalue weighted by atomic mass is 10.0. The Bertz CT molecular complexity index is 596. The van der Waals surface area contributed by atoms with Crippen molar-refractivity contribution in [2.75, 3.05) is 5.32 Å². The Balaban J connectivity index is 1.82. The van der Waals surface area contributed by atoms with Crippen molar-refractivity contribution in [3.63, 3.8) is 0 Å². The highest BCUT2D eigenvalue weighted by Crippen LogP contribution is 2.17. The van der Waals surface area contributed by atoms with Crippen LogP contribution in [0.4, 0.5) is 10.5 Å². The molecule has 0 spiro atoms. The van der Waals surface area contributed by atoms with Crippen molar-refractivity contribution in [1.82, 2.24) is 5.32 Å². The summed E-state index contributed by atoms with van der Waals surface area (Å²) in [5, 5.41) is 15.8. The van der Waals surface area contributed by atoms with E-state index in [4.69, 9.17) is 0 Å². The minimum atomic E-state index is -0.587. The van der Waals surface area contributed by atoms with Gasteiger partial charge in [-0.3, -0.25) is 0 Å². The van der Waals surface area contributed by atoms with Crippen molar-refractivity contribution in [2.45, 2.75) is 32.4 Å². The number of aliphatic hydroxyl groups is 1. The molecular formula is C18H22N2O2. The van der Waals surface area contributed by atoms with Crippen molar-refractivity contribution in [1.29, 1.82) is 0 Å². The molecule has 2 amide bonds. The van der Waals surface area contributed by atoms with Crippen LogP contribution in [0, 0.1) is 6.92 Å². The van der Waals surface area contributed by atoms with Gasteiger partial charge in [-0.2, -0.15) is 0 Å². The number of hydrogen-bond acceptors (Lipinski definition) is 2. The summed E-state index contributed by atoms with van der Waals surface area (Å²) in [4.78, 5) is 11.9. The number of carbonyl (C=O) groups is 1. The molecule has 0 heterocycles. The monoisotopic (exact) mass is 298 g/mol. The van der Waals surface area contributed by atoms with Gasteiger partial charge in [-0.15, -0.1) is 0 Å². The van der Waals surface area contributed by atoms with E-state index in [0.29, 0.717) is 6.42 Å². The van der Waals surface area contributed by atoms with Gasteiger partial charge in [-0.05, 0) is 38.0 Å². The van der Waals surface area contributed by atoms with Gasteiger partial charge in [-0.1, -0.05) is 48.0 Å². The SMILES string of the molecule is Cc1ccc(NC(=O)NC(C)CC(O)c2ccccc2)cc1. The third kappa shape index (κ3) is 4.90. The van der Waals surface area contributed by atoms with Gasteiger partial charge in [0.2, 0.25) is 0 Å². The predicted octanol–water partition coefficient (Wildman–Crippen LogP) is 3.63. The van der Waals surface area contributed by atoms with Crippen LogP contribution in [0.25, 0.3) is 0 Å². The number of benzene rings is 2. The Morgan fingerprint density at radius 1 is 1.09 bits per heavy atom. The standard InChI is InChI=1S/C18H22N2O2/c1-13-8-10-16(11-9-13)20-18(22)19-14(2)12-17(21)15-6-4-3-5-7-15/h3-11,14,17,21H,12H2,1-2H3,(H2,19,20,22). The zero-order valence-electron chi connectivity index (χ0n) is 12.9. The number of rotatable bonds is 5. The van der Waals surface area contributed by atoms with Crippen molar-refractivity contribution >= 4 is 11.7 Å². The van der Waals surface area contributed by atoms with Crippen LogP contribution in [0.5, 0.6) is 0 Å². The lowest BCUT2D eigenvalue weighted by Crippen LogP contribution is -2.37. The Morgan fingerprint density at radius 3 is 2.36 bits per heavy atom. The van der Waals surface area contributed by atoms with Gasteiger partial charge in [0, 0.05) is 11.7 Å². The van der Waals surface area contributed by atoms with Gasteiger partial charge in [0.15, 0.2) is 0 Å². The van der Waals surface area contributed by atoms with Gasteiger partial charge in [0.05, 0.1) is 6.10 Å². The van der Waals surface area contributed by atoms with Gasteiger partial charge in [-0.25, -0.2) is 4.79 Å². The summed E-state index contributed by atoms with van der Waals surface area (Å²) in [6.07, 6.45) is -0.124. The molecule has 0 aliphatic rings. The van der Waals surface area contributed by atoms with Crippen LogP contribution in [-0.2, 0) is 0 Å². The molecule has 2 unspecified atom stereocenters. The zero-order chi connectivity index (χ0) is 15.9. The number of aryl methyl sites for hydroxylation is 1. The molecule has 4 heteroatoms. The van der Waals surface area contributed by atoms with Crippen LogP contribution < -0.4 is 10.6 Å². The first-order valence-corrected chi connectivity index (χ1v) is 7.42. The van der Waals surface area contributed by atoms with E-state index in [1.807, 2.05) is 68.4 Å². The lowest BCUT2D eigenvalue weighted by molar-refractivity contribution is 0.155. The lowest BCUT2D eigenvalue weighted by Gasteiger charge is -2.18. The first-order chi connectivity index (χ1) is 10.5. The maximum absolute atomic E-state index is 11.9. The minimum absolute atomic E-state index is 0.138. The van der Waals surface area contributed by atoms with Gasteiger partial charge < -0.3 is 15.7 Å². The summed E-state index contributed by atoms with van der Waals surface area (Å²) in [5.41, 5.74) is 2.75. The number of hydrogen-bond donors (Lipinski definition) is 3. The van der Waals surface area contributed by atoms with E-state index >= 15 is 0 Å². The van der Waals surface area contributed by atoms with Crippen LogP contribution in [0.3, 0.4) is 0 Å². The summed E-state index contributed by atoms with van der Waals surface area (Å²) in [6, 6.07) is 16.6. The summed E-state index contributed by atoms with van der Waals surface area (Å²) < 4.78 is 0. The first-order valence-electron chi connectivity index (χ1n) is 7.42. The topological polar surface area (TPSA) is 61.4 Å². The van der Waals surface area contributed by atoms with Crippen LogP contribution in [0.2, 0.25) is 0 Å². The molecule has 22 heavy (non-hydrogen) atoms. The zero-order valence-corrected chi connectivity index (χ0v) is 12.9. The number of carbonyl (C=O) groups excluding carboxylic acids is 1. The fourth-order valence-electron chi connectivity index (χ4n) is 2.23. The second-order valence-corrected chi connectivity index (χ2v) is 5.53. The third-order valence-electron chi connectivity index (χ3n) is 3.45. The average molecular weight is 298 g/mol. The van der Waals surface area contributed by atoms with E-state index < -0.39 is 6.10 Å². The molecular weight excluding hydrogens is 276 g/mol. The summed E-state index contributed by atoms with van der Waals surface area (Å²) in [5.74, 6) is 0. The fourth-order valence-corrected chi connectivity index (χ4v) is 2.23. The van der Waals surface area contributed by atoms with Crippen molar-refractivity contribution in [3.05, 3.63) is 65.7 Å². The van der Waals surface area contributed by atoms with Gasteiger partial charge >= 0.3 is 6.03 Å². The summed E-state index contributed by atoms with van der Waals surface area (Å²) in [7, 11) is 0. The van der Waals surface area contributed by atoms with Gasteiger partial charge in [0.25, 0.3) is 0 Å². The second-order valence-electron chi connectivity index (χ2n) is 5.53. The van der Waals surface area contributed by atoms with E-state index in [2.05, 4.69) is 10.6 Å². The molecule has 0 aromatic heterocycles. The maximum atomic E-state index is 11.9. The molecule has 0 aliphatic carbocycles. The second kappa shape index (κ2) is 7.61. The Hall–Kier alpha value is -2.33.